The number of H-pyrrole nitrogens is 1. The Morgan fingerprint density at radius 1 is 1.04 bits per heavy atom. The summed E-state index contributed by atoms with van der Waals surface area (Å²) in [5.41, 5.74) is 3.49. The van der Waals surface area contributed by atoms with E-state index in [1.165, 1.54) is 0 Å². The lowest BCUT2D eigenvalue weighted by molar-refractivity contribution is 0.0915. The zero-order chi connectivity index (χ0) is 19.5. The van der Waals surface area contributed by atoms with Gasteiger partial charge in [-0.1, -0.05) is 30.3 Å². The van der Waals surface area contributed by atoms with E-state index in [9.17, 15) is 9.59 Å². The topological polar surface area (TPSA) is 77.2 Å². The lowest BCUT2D eigenvalue weighted by atomic mass is 10.1. The van der Waals surface area contributed by atoms with Crippen molar-refractivity contribution in [1.82, 2.24) is 15.2 Å². The van der Waals surface area contributed by atoms with Gasteiger partial charge >= 0.3 is 6.03 Å². The van der Waals surface area contributed by atoms with Crippen LogP contribution in [-0.2, 0) is 0 Å². The summed E-state index contributed by atoms with van der Waals surface area (Å²) in [6.07, 6.45) is 1.49. The van der Waals surface area contributed by atoms with Crippen LogP contribution >= 0.6 is 0 Å². The average Bonchev–Trinajstić information content (AvgIpc) is 3.12. The number of carbonyl (C=O) groups excluding carboxylic acids is 2. The normalized spacial score (nSPS) is 14.8. The number of rotatable bonds is 3. The first-order valence-electron chi connectivity index (χ1n) is 9.60. The van der Waals surface area contributed by atoms with E-state index in [0.717, 1.165) is 35.0 Å². The van der Waals surface area contributed by atoms with Gasteiger partial charge in [-0.2, -0.15) is 0 Å². The fraction of sp³-hybridized carbons (Fsp3) is 0.273. The third kappa shape index (κ3) is 4.01. The number of para-hydroxylation sites is 1. The molecule has 1 aliphatic rings. The van der Waals surface area contributed by atoms with Gasteiger partial charge in [0.2, 0.25) is 0 Å². The summed E-state index contributed by atoms with van der Waals surface area (Å²) in [4.78, 5) is 29.9. The number of urea groups is 1. The van der Waals surface area contributed by atoms with Gasteiger partial charge in [0.05, 0.1) is 0 Å². The maximum Gasteiger partial charge on any atom is 0.321 e. The molecule has 1 saturated heterocycles. The zero-order valence-corrected chi connectivity index (χ0v) is 15.9. The highest BCUT2D eigenvalue weighted by Gasteiger charge is 2.24. The molecule has 28 heavy (non-hydrogen) atoms. The van der Waals surface area contributed by atoms with Crippen LogP contribution in [0.5, 0.6) is 0 Å². The van der Waals surface area contributed by atoms with Crippen LogP contribution in [0.25, 0.3) is 10.9 Å². The quantitative estimate of drug-likeness (QED) is 0.648. The molecule has 0 bridgehead atoms. The number of benzene rings is 2. The van der Waals surface area contributed by atoms with E-state index in [0.29, 0.717) is 18.8 Å². The second-order valence-electron chi connectivity index (χ2n) is 7.30. The van der Waals surface area contributed by atoms with E-state index in [4.69, 9.17) is 0 Å². The Labute approximate surface area is 163 Å². The minimum atomic E-state index is -0.0963. The van der Waals surface area contributed by atoms with Gasteiger partial charge in [0, 0.05) is 35.7 Å². The molecule has 0 saturated carbocycles. The van der Waals surface area contributed by atoms with Gasteiger partial charge in [0.15, 0.2) is 0 Å². The van der Waals surface area contributed by atoms with Crippen molar-refractivity contribution < 1.29 is 9.59 Å². The number of likely N-dealkylation sites (tertiary alicyclic amines) is 1. The first kappa shape index (κ1) is 18.1. The predicted octanol–water partition coefficient (Wildman–Crippen LogP) is 3.90. The van der Waals surface area contributed by atoms with Crippen LogP contribution in [0.2, 0.25) is 0 Å². The fourth-order valence-corrected chi connectivity index (χ4v) is 3.58. The molecule has 0 spiro atoms. The minimum absolute atomic E-state index is 0.0708. The van der Waals surface area contributed by atoms with Crippen molar-refractivity contribution in [2.45, 2.75) is 25.8 Å². The second-order valence-corrected chi connectivity index (χ2v) is 7.30. The number of aromatic nitrogens is 1. The molecule has 1 aromatic heterocycles. The smallest absolute Gasteiger partial charge is 0.321 e. The van der Waals surface area contributed by atoms with Gasteiger partial charge in [-0.15, -0.1) is 0 Å². The number of amides is 3. The fourth-order valence-electron chi connectivity index (χ4n) is 3.58. The molecule has 0 atom stereocenters. The number of fused-ring (bicyclic) bond motifs is 1. The van der Waals surface area contributed by atoms with E-state index in [1.54, 1.807) is 4.90 Å². The minimum Gasteiger partial charge on any atom is -0.351 e. The Morgan fingerprint density at radius 3 is 2.54 bits per heavy atom. The van der Waals surface area contributed by atoms with Crippen molar-refractivity contribution in [3.63, 3.8) is 0 Å². The third-order valence-corrected chi connectivity index (χ3v) is 5.17. The summed E-state index contributed by atoms with van der Waals surface area (Å²) in [6.45, 7) is 3.27. The number of hydrogen-bond donors (Lipinski definition) is 3. The first-order chi connectivity index (χ1) is 13.6. The summed E-state index contributed by atoms with van der Waals surface area (Å²) in [5.74, 6) is -0.0963. The molecule has 4 rings (SSSR count). The van der Waals surface area contributed by atoms with Crippen LogP contribution in [-0.4, -0.2) is 41.0 Å². The summed E-state index contributed by atoms with van der Waals surface area (Å²) in [7, 11) is 0. The standard InChI is InChI=1S/C22H24N4O2/c1-15-7-8-16-14-20(25-19(16)13-15)21(27)23-18-9-11-26(12-10-18)22(28)24-17-5-3-2-4-6-17/h2-8,13-14,18,25H,9-12H2,1H3,(H,23,27)(H,24,28). The molecule has 3 N–H and O–H groups in total. The third-order valence-electron chi connectivity index (χ3n) is 5.17. The molecule has 1 aliphatic heterocycles. The number of piperidine rings is 1. The molecule has 3 aromatic rings. The number of nitrogens with zero attached hydrogens (tertiary/aromatic N) is 1. The number of nitrogens with one attached hydrogen (secondary N) is 3. The Balaban J connectivity index is 1.31. The van der Waals surface area contributed by atoms with Gasteiger partial charge in [0.1, 0.15) is 5.69 Å². The largest absolute Gasteiger partial charge is 0.351 e. The number of hydrogen-bond acceptors (Lipinski definition) is 2. The van der Waals surface area contributed by atoms with Crippen LogP contribution in [0.1, 0.15) is 28.9 Å². The zero-order valence-electron chi connectivity index (χ0n) is 15.9. The Bertz CT molecular complexity index is 988. The second kappa shape index (κ2) is 7.76. The van der Waals surface area contributed by atoms with Crippen molar-refractivity contribution in [2.24, 2.45) is 0 Å². The predicted molar refractivity (Wildman–Crippen MR) is 111 cm³/mol. The highest BCUT2D eigenvalue weighted by atomic mass is 16.2. The Morgan fingerprint density at radius 2 is 1.79 bits per heavy atom. The van der Waals surface area contributed by atoms with E-state index in [1.807, 2.05) is 61.5 Å². The van der Waals surface area contributed by atoms with Crippen molar-refractivity contribution in [1.29, 1.82) is 0 Å². The van der Waals surface area contributed by atoms with E-state index in [-0.39, 0.29) is 18.0 Å². The molecule has 144 valence electrons. The molecular formula is C22H24N4O2. The van der Waals surface area contributed by atoms with E-state index in [2.05, 4.69) is 15.6 Å². The molecular weight excluding hydrogens is 352 g/mol. The van der Waals surface area contributed by atoms with Crippen LogP contribution < -0.4 is 10.6 Å². The van der Waals surface area contributed by atoms with Gasteiger partial charge < -0.3 is 20.5 Å². The van der Waals surface area contributed by atoms with Crippen molar-refractivity contribution in [3.8, 4) is 0 Å². The number of carbonyl (C=O) groups is 2. The van der Waals surface area contributed by atoms with Crippen molar-refractivity contribution in [3.05, 3.63) is 65.9 Å². The van der Waals surface area contributed by atoms with Crippen LogP contribution in [0.4, 0.5) is 10.5 Å². The van der Waals surface area contributed by atoms with E-state index >= 15 is 0 Å². The maximum absolute atomic E-state index is 12.6. The summed E-state index contributed by atoms with van der Waals surface area (Å²) in [6, 6.07) is 17.4. The maximum atomic E-state index is 12.6. The molecule has 0 radical (unpaired) electrons. The number of aryl methyl sites for hydroxylation is 1. The monoisotopic (exact) mass is 376 g/mol. The highest BCUT2D eigenvalue weighted by molar-refractivity contribution is 5.98. The molecule has 2 heterocycles. The lowest BCUT2D eigenvalue weighted by Gasteiger charge is -2.32. The molecule has 6 nitrogen and oxygen atoms in total. The van der Waals surface area contributed by atoms with Gasteiger partial charge in [0.25, 0.3) is 5.91 Å². The SMILES string of the molecule is Cc1ccc2cc(C(=O)NC3CCN(C(=O)Nc4ccccc4)CC3)[nH]c2c1. The molecule has 3 amide bonds. The van der Waals surface area contributed by atoms with Crippen LogP contribution in [0.15, 0.2) is 54.6 Å². The van der Waals surface area contributed by atoms with Crippen molar-refractivity contribution in [2.75, 3.05) is 18.4 Å². The first-order valence-corrected chi connectivity index (χ1v) is 9.60. The van der Waals surface area contributed by atoms with Crippen LogP contribution in [0.3, 0.4) is 0 Å². The molecule has 6 heteroatoms. The lowest BCUT2D eigenvalue weighted by Crippen LogP contribution is -2.47. The molecule has 0 unspecified atom stereocenters. The van der Waals surface area contributed by atoms with Gasteiger partial charge in [-0.05, 0) is 49.6 Å². The van der Waals surface area contributed by atoms with E-state index < -0.39 is 0 Å². The van der Waals surface area contributed by atoms with Gasteiger partial charge in [-0.25, -0.2) is 4.79 Å². The van der Waals surface area contributed by atoms with Gasteiger partial charge in [-0.3, -0.25) is 4.79 Å². The highest BCUT2D eigenvalue weighted by Crippen LogP contribution is 2.18. The molecule has 1 fully saturated rings. The summed E-state index contributed by atoms with van der Waals surface area (Å²) in [5, 5.41) is 7.03. The average molecular weight is 376 g/mol. The van der Waals surface area contributed by atoms with Crippen LogP contribution in [0, 0.1) is 6.92 Å². The summed E-state index contributed by atoms with van der Waals surface area (Å²) < 4.78 is 0. The summed E-state index contributed by atoms with van der Waals surface area (Å²) >= 11 is 0. The Hall–Kier alpha value is -3.28. The molecule has 0 aliphatic carbocycles. The number of aromatic amines is 1. The Kier molecular flexibility index (Phi) is 5.02. The van der Waals surface area contributed by atoms with Crippen molar-refractivity contribution >= 4 is 28.5 Å². The molecule has 2 aromatic carbocycles. The number of anilines is 1.